The third-order valence-electron chi connectivity index (χ3n) is 5.03. The first-order valence-corrected chi connectivity index (χ1v) is 10.7. The predicted molar refractivity (Wildman–Crippen MR) is 119 cm³/mol. The zero-order valence-electron chi connectivity index (χ0n) is 18.0. The van der Waals surface area contributed by atoms with Crippen LogP contribution in [-0.4, -0.2) is 40.6 Å². The summed E-state index contributed by atoms with van der Waals surface area (Å²) in [6.07, 6.45) is 0. The van der Waals surface area contributed by atoms with Gasteiger partial charge >= 0.3 is 0 Å². The minimum absolute atomic E-state index is 0.00586. The number of nitrogens with one attached hydrogen (secondary N) is 1. The van der Waals surface area contributed by atoms with E-state index in [9.17, 15) is 4.79 Å². The Balaban J connectivity index is 1.61. The van der Waals surface area contributed by atoms with Crippen LogP contribution in [0.5, 0.6) is 5.75 Å². The van der Waals surface area contributed by atoms with Crippen LogP contribution in [0.2, 0.25) is 5.02 Å². The Kier molecular flexibility index (Phi) is 8.03. The molecule has 1 atom stereocenters. The van der Waals surface area contributed by atoms with Crippen molar-refractivity contribution in [3.05, 3.63) is 76.4 Å². The van der Waals surface area contributed by atoms with Gasteiger partial charge in [-0.1, -0.05) is 48.8 Å². The lowest BCUT2D eigenvalue weighted by Crippen LogP contribution is -2.38. The van der Waals surface area contributed by atoms with Crippen molar-refractivity contribution in [1.82, 2.24) is 20.4 Å². The molecule has 164 valence electrons. The van der Waals surface area contributed by atoms with Crippen LogP contribution in [0.15, 0.2) is 53.1 Å². The second-order valence-corrected chi connectivity index (χ2v) is 7.42. The molecule has 31 heavy (non-hydrogen) atoms. The van der Waals surface area contributed by atoms with Crippen molar-refractivity contribution in [2.75, 3.05) is 19.6 Å². The number of hydrogen-bond acceptors (Lipinski definition) is 6. The molecule has 1 amide bonds. The van der Waals surface area contributed by atoms with Gasteiger partial charge in [-0.25, -0.2) is 0 Å². The predicted octanol–water partition coefficient (Wildman–Crippen LogP) is 4.42. The highest BCUT2D eigenvalue weighted by Gasteiger charge is 2.21. The van der Waals surface area contributed by atoms with E-state index in [1.165, 1.54) is 0 Å². The lowest BCUT2D eigenvalue weighted by molar-refractivity contribution is 0.0935. The minimum Gasteiger partial charge on any atom is -0.485 e. The SMILES string of the molecule is CCN(CC)C(CNC(=O)c1ccc(OCc2noc(C)n2)cc1)c1ccccc1Cl. The number of nitrogens with zero attached hydrogens (tertiary/aromatic N) is 3. The summed E-state index contributed by atoms with van der Waals surface area (Å²) in [4.78, 5) is 19.1. The summed E-state index contributed by atoms with van der Waals surface area (Å²) < 4.78 is 10.5. The Hall–Kier alpha value is -2.90. The summed E-state index contributed by atoms with van der Waals surface area (Å²) >= 11 is 6.43. The summed E-state index contributed by atoms with van der Waals surface area (Å²) in [7, 11) is 0. The molecule has 0 radical (unpaired) electrons. The molecule has 1 unspecified atom stereocenters. The molecule has 0 bridgehead atoms. The van der Waals surface area contributed by atoms with Crippen molar-refractivity contribution < 1.29 is 14.1 Å². The molecule has 0 saturated carbocycles. The standard InChI is InChI=1S/C23H27ClN4O3/c1-4-28(5-2)21(19-8-6-7-9-20(19)24)14-25-23(29)17-10-12-18(13-11-17)30-15-22-26-16(3)31-27-22/h6-13,21H,4-5,14-15H2,1-3H3,(H,25,29). The molecule has 0 aliphatic heterocycles. The van der Waals surface area contributed by atoms with Crippen molar-refractivity contribution in [2.45, 2.75) is 33.4 Å². The maximum atomic E-state index is 12.7. The number of ether oxygens (including phenoxy) is 1. The first kappa shape index (κ1) is 22.8. The van der Waals surface area contributed by atoms with Crippen LogP contribution in [0.1, 0.15) is 47.5 Å². The Labute approximate surface area is 187 Å². The van der Waals surface area contributed by atoms with Gasteiger partial charge in [0, 0.05) is 24.1 Å². The van der Waals surface area contributed by atoms with E-state index in [0.717, 1.165) is 18.7 Å². The molecule has 0 saturated heterocycles. The maximum Gasteiger partial charge on any atom is 0.251 e. The first-order chi connectivity index (χ1) is 15.0. The molecule has 1 N–H and O–H groups in total. The monoisotopic (exact) mass is 442 g/mol. The number of amides is 1. The highest BCUT2D eigenvalue weighted by molar-refractivity contribution is 6.31. The fourth-order valence-corrected chi connectivity index (χ4v) is 3.65. The Morgan fingerprint density at radius 1 is 1.16 bits per heavy atom. The van der Waals surface area contributed by atoms with Crippen LogP contribution >= 0.6 is 11.6 Å². The second-order valence-electron chi connectivity index (χ2n) is 7.01. The van der Waals surface area contributed by atoms with Gasteiger partial charge in [0.05, 0.1) is 6.04 Å². The molecule has 0 aliphatic rings. The fourth-order valence-electron chi connectivity index (χ4n) is 3.39. The number of benzene rings is 2. The largest absolute Gasteiger partial charge is 0.485 e. The van der Waals surface area contributed by atoms with Crippen LogP contribution < -0.4 is 10.1 Å². The second kappa shape index (κ2) is 10.9. The molecule has 1 aromatic heterocycles. The van der Waals surface area contributed by atoms with Gasteiger partial charge in [-0.3, -0.25) is 9.69 Å². The zero-order valence-corrected chi connectivity index (χ0v) is 18.7. The molecular formula is C23H27ClN4O3. The van der Waals surface area contributed by atoms with Gasteiger partial charge in [0.1, 0.15) is 5.75 Å². The van der Waals surface area contributed by atoms with Crippen molar-refractivity contribution in [3.8, 4) is 5.75 Å². The number of carbonyl (C=O) groups is 1. The fraction of sp³-hybridized carbons (Fsp3) is 0.348. The van der Waals surface area contributed by atoms with E-state index in [-0.39, 0.29) is 18.6 Å². The molecule has 0 fully saturated rings. The molecule has 3 aromatic rings. The quantitative estimate of drug-likeness (QED) is 0.500. The van der Waals surface area contributed by atoms with E-state index >= 15 is 0 Å². The number of aromatic nitrogens is 2. The summed E-state index contributed by atoms with van der Waals surface area (Å²) in [6.45, 7) is 8.29. The molecule has 8 heteroatoms. The van der Waals surface area contributed by atoms with Crippen LogP contribution in [0.3, 0.4) is 0 Å². The molecule has 1 heterocycles. The molecule has 7 nitrogen and oxygen atoms in total. The average molecular weight is 443 g/mol. The summed E-state index contributed by atoms with van der Waals surface area (Å²) in [5.74, 6) is 1.44. The molecule has 0 aliphatic carbocycles. The van der Waals surface area contributed by atoms with E-state index in [2.05, 4.69) is 34.2 Å². The third-order valence-corrected chi connectivity index (χ3v) is 5.37. The summed E-state index contributed by atoms with van der Waals surface area (Å²) in [5, 5.41) is 7.53. The Morgan fingerprint density at radius 3 is 2.48 bits per heavy atom. The zero-order chi connectivity index (χ0) is 22.2. The first-order valence-electron chi connectivity index (χ1n) is 10.3. The molecular weight excluding hydrogens is 416 g/mol. The van der Waals surface area contributed by atoms with Crippen LogP contribution in [0, 0.1) is 6.92 Å². The highest BCUT2D eigenvalue weighted by atomic mass is 35.5. The van der Waals surface area contributed by atoms with Crippen molar-refractivity contribution in [3.63, 3.8) is 0 Å². The Bertz CT molecular complexity index is 986. The van der Waals surface area contributed by atoms with Crippen molar-refractivity contribution in [2.24, 2.45) is 0 Å². The van der Waals surface area contributed by atoms with E-state index in [0.29, 0.717) is 34.6 Å². The smallest absolute Gasteiger partial charge is 0.251 e. The van der Waals surface area contributed by atoms with Gasteiger partial charge < -0.3 is 14.6 Å². The van der Waals surface area contributed by atoms with Gasteiger partial charge in [-0.15, -0.1) is 0 Å². The summed E-state index contributed by atoms with van der Waals surface area (Å²) in [5.41, 5.74) is 1.56. The third kappa shape index (κ3) is 6.06. The van der Waals surface area contributed by atoms with E-state index < -0.39 is 0 Å². The van der Waals surface area contributed by atoms with Crippen molar-refractivity contribution in [1.29, 1.82) is 0 Å². The van der Waals surface area contributed by atoms with Gasteiger partial charge in [0.15, 0.2) is 6.61 Å². The van der Waals surface area contributed by atoms with Crippen LogP contribution in [0.4, 0.5) is 0 Å². The molecule has 3 rings (SSSR count). The van der Waals surface area contributed by atoms with Gasteiger partial charge in [0.25, 0.3) is 5.91 Å². The highest BCUT2D eigenvalue weighted by Crippen LogP contribution is 2.27. The van der Waals surface area contributed by atoms with E-state index in [4.69, 9.17) is 20.9 Å². The Morgan fingerprint density at radius 2 is 1.87 bits per heavy atom. The lowest BCUT2D eigenvalue weighted by atomic mass is 10.0. The maximum absolute atomic E-state index is 12.7. The molecule has 2 aromatic carbocycles. The van der Waals surface area contributed by atoms with Gasteiger partial charge in [-0.05, 0) is 49.0 Å². The van der Waals surface area contributed by atoms with E-state index in [1.807, 2.05) is 24.3 Å². The lowest BCUT2D eigenvalue weighted by Gasteiger charge is -2.31. The van der Waals surface area contributed by atoms with Gasteiger partial charge in [-0.2, -0.15) is 4.98 Å². The van der Waals surface area contributed by atoms with Gasteiger partial charge in [0.2, 0.25) is 11.7 Å². The van der Waals surface area contributed by atoms with Crippen LogP contribution in [-0.2, 0) is 6.61 Å². The average Bonchev–Trinajstić information content (AvgIpc) is 3.21. The number of rotatable bonds is 10. The number of hydrogen-bond donors (Lipinski definition) is 1. The number of carbonyl (C=O) groups excluding carboxylic acids is 1. The summed E-state index contributed by atoms with van der Waals surface area (Å²) in [6, 6.07) is 14.7. The van der Waals surface area contributed by atoms with Crippen molar-refractivity contribution >= 4 is 17.5 Å². The number of likely N-dealkylation sites (N-methyl/N-ethyl adjacent to an activating group) is 1. The normalized spacial score (nSPS) is 12.0. The number of halogens is 1. The number of aryl methyl sites for hydroxylation is 1. The topological polar surface area (TPSA) is 80.5 Å². The minimum atomic E-state index is -0.149. The van der Waals surface area contributed by atoms with E-state index in [1.54, 1.807) is 31.2 Å². The van der Waals surface area contributed by atoms with Crippen LogP contribution in [0.25, 0.3) is 0 Å². The molecule has 0 spiro atoms.